The van der Waals surface area contributed by atoms with E-state index in [4.69, 9.17) is 0 Å². The lowest BCUT2D eigenvalue weighted by atomic mass is 9.72. The van der Waals surface area contributed by atoms with Gasteiger partial charge in [0.15, 0.2) is 5.78 Å². The number of likely N-dealkylation sites (tertiary alicyclic amines) is 1. The highest BCUT2D eigenvalue weighted by atomic mass is 16.3. The van der Waals surface area contributed by atoms with Crippen LogP contribution in [-0.2, 0) is 11.3 Å². The molecule has 1 aromatic rings. The van der Waals surface area contributed by atoms with Crippen molar-refractivity contribution in [1.29, 1.82) is 0 Å². The summed E-state index contributed by atoms with van der Waals surface area (Å²) in [6.07, 6.45) is 1.06. The Morgan fingerprint density at radius 1 is 1.16 bits per heavy atom. The number of benzene rings is 1. The van der Waals surface area contributed by atoms with E-state index in [2.05, 4.69) is 55.0 Å². The van der Waals surface area contributed by atoms with E-state index >= 15 is 0 Å². The Hall–Kier alpha value is -1.65. The van der Waals surface area contributed by atoms with E-state index in [0.29, 0.717) is 13.0 Å². The third-order valence-electron chi connectivity index (χ3n) is 6.00. The van der Waals surface area contributed by atoms with Crippen molar-refractivity contribution in [3.8, 4) is 0 Å². The summed E-state index contributed by atoms with van der Waals surface area (Å²) in [7, 11) is 2.06. The van der Waals surface area contributed by atoms with Crippen molar-refractivity contribution in [2.24, 2.45) is 11.3 Å². The minimum Gasteiger partial charge on any atom is -0.391 e. The third-order valence-corrected chi connectivity index (χ3v) is 6.00. The molecule has 0 amide bonds. The molecule has 0 saturated carbocycles. The first-order valence-corrected chi connectivity index (χ1v) is 9.29. The maximum absolute atomic E-state index is 13.0. The Kier molecular flexibility index (Phi) is 4.00. The molecule has 4 nitrogen and oxygen atoms in total. The highest BCUT2D eigenvalue weighted by molar-refractivity contribution is 5.98. The molecule has 3 atom stereocenters. The zero-order valence-corrected chi connectivity index (χ0v) is 15.4. The van der Waals surface area contributed by atoms with Gasteiger partial charge in [-0.15, -0.1) is 0 Å². The SMILES string of the molecule is CN1CC(O)C2C3=C(CC(C)(C)CC3=O)N(Cc3ccccc3)C2C1. The van der Waals surface area contributed by atoms with E-state index in [1.54, 1.807) is 0 Å². The van der Waals surface area contributed by atoms with Gasteiger partial charge in [-0.2, -0.15) is 0 Å². The normalized spacial score (nSPS) is 31.9. The van der Waals surface area contributed by atoms with Crippen LogP contribution < -0.4 is 0 Å². The number of likely N-dealkylation sites (N-methyl/N-ethyl adjacent to an activating group) is 1. The van der Waals surface area contributed by atoms with Crippen LogP contribution in [0.4, 0.5) is 0 Å². The van der Waals surface area contributed by atoms with Gasteiger partial charge in [-0.05, 0) is 24.4 Å². The average Bonchev–Trinajstić information content (AvgIpc) is 2.82. The number of piperidine rings is 1. The van der Waals surface area contributed by atoms with E-state index in [-0.39, 0.29) is 23.2 Å². The predicted molar refractivity (Wildman–Crippen MR) is 97.8 cm³/mol. The summed E-state index contributed by atoms with van der Waals surface area (Å²) in [6.45, 7) is 6.72. The molecule has 134 valence electrons. The molecule has 1 aromatic carbocycles. The Bertz CT molecular complexity index is 710. The lowest BCUT2D eigenvalue weighted by Crippen LogP contribution is -2.54. The number of fused-ring (bicyclic) bond motifs is 2. The molecule has 1 N–H and O–H groups in total. The summed E-state index contributed by atoms with van der Waals surface area (Å²) >= 11 is 0. The Balaban J connectivity index is 1.75. The molecule has 4 rings (SSSR count). The second-order valence-corrected chi connectivity index (χ2v) is 8.80. The highest BCUT2D eigenvalue weighted by Crippen LogP contribution is 2.49. The fourth-order valence-corrected chi connectivity index (χ4v) is 5.00. The molecule has 1 fully saturated rings. The first-order valence-electron chi connectivity index (χ1n) is 9.29. The van der Waals surface area contributed by atoms with E-state index in [0.717, 1.165) is 25.1 Å². The van der Waals surface area contributed by atoms with Gasteiger partial charge >= 0.3 is 0 Å². The molecule has 0 radical (unpaired) electrons. The second kappa shape index (κ2) is 5.96. The van der Waals surface area contributed by atoms with Crippen molar-refractivity contribution in [2.45, 2.75) is 45.4 Å². The molecule has 1 saturated heterocycles. The zero-order valence-electron chi connectivity index (χ0n) is 15.4. The number of aliphatic hydroxyl groups is 1. The highest BCUT2D eigenvalue weighted by Gasteiger charge is 2.52. The molecule has 0 bridgehead atoms. The van der Waals surface area contributed by atoms with E-state index < -0.39 is 6.10 Å². The van der Waals surface area contributed by atoms with Crippen molar-refractivity contribution in [3.05, 3.63) is 47.2 Å². The number of carbonyl (C=O) groups excluding carboxylic acids is 1. The first-order chi connectivity index (χ1) is 11.9. The number of rotatable bonds is 2. The molecule has 0 aromatic heterocycles. The number of β-amino-alcohol motifs (C(OH)–C–C–N with tert-alkyl or cyclic N) is 1. The van der Waals surface area contributed by atoms with Gasteiger partial charge in [-0.25, -0.2) is 0 Å². The van der Waals surface area contributed by atoms with Crippen LogP contribution in [0.3, 0.4) is 0 Å². The zero-order chi connectivity index (χ0) is 17.8. The van der Waals surface area contributed by atoms with E-state index in [1.807, 2.05) is 6.07 Å². The molecule has 2 heterocycles. The molecular weight excluding hydrogens is 312 g/mol. The molecule has 1 aliphatic carbocycles. The number of nitrogens with zero attached hydrogens (tertiary/aromatic N) is 2. The maximum atomic E-state index is 13.0. The number of hydrogen-bond donors (Lipinski definition) is 1. The molecule has 25 heavy (non-hydrogen) atoms. The van der Waals surface area contributed by atoms with Crippen molar-refractivity contribution < 1.29 is 9.90 Å². The van der Waals surface area contributed by atoms with Crippen molar-refractivity contribution >= 4 is 5.78 Å². The topological polar surface area (TPSA) is 43.8 Å². The second-order valence-electron chi connectivity index (χ2n) is 8.80. The third kappa shape index (κ3) is 2.91. The number of hydrogen-bond acceptors (Lipinski definition) is 4. The molecule has 3 unspecified atom stereocenters. The summed E-state index contributed by atoms with van der Waals surface area (Å²) in [5.41, 5.74) is 3.37. The summed E-state index contributed by atoms with van der Waals surface area (Å²) in [5.74, 6) is 0.221. The van der Waals surface area contributed by atoms with Gasteiger partial charge in [0.2, 0.25) is 0 Å². The summed E-state index contributed by atoms with van der Waals surface area (Å²) in [5, 5.41) is 10.8. The van der Waals surface area contributed by atoms with Gasteiger partial charge in [0.25, 0.3) is 0 Å². The Morgan fingerprint density at radius 3 is 2.60 bits per heavy atom. The van der Waals surface area contributed by atoms with Crippen LogP contribution in [0, 0.1) is 11.3 Å². The summed E-state index contributed by atoms with van der Waals surface area (Å²) in [6, 6.07) is 10.6. The van der Waals surface area contributed by atoms with Crippen molar-refractivity contribution in [2.75, 3.05) is 20.1 Å². The van der Waals surface area contributed by atoms with Crippen molar-refractivity contribution in [3.63, 3.8) is 0 Å². The quantitative estimate of drug-likeness (QED) is 0.898. The summed E-state index contributed by atoms with van der Waals surface area (Å²) in [4.78, 5) is 17.6. The van der Waals surface area contributed by atoms with E-state index in [1.165, 1.54) is 11.3 Å². The van der Waals surface area contributed by atoms with Crippen LogP contribution in [0.1, 0.15) is 32.3 Å². The number of carbonyl (C=O) groups is 1. The van der Waals surface area contributed by atoms with Gasteiger partial charge in [0.05, 0.1) is 12.1 Å². The average molecular weight is 340 g/mol. The number of allylic oxidation sites excluding steroid dienone is 1. The monoisotopic (exact) mass is 340 g/mol. The van der Waals surface area contributed by atoms with Crippen LogP contribution in [0.15, 0.2) is 41.6 Å². The van der Waals surface area contributed by atoms with Gasteiger partial charge in [-0.1, -0.05) is 44.2 Å². The fourth-order valence-electron chi connectivity index (χ4n) is 5.00. The lowest BCUT2D eigenvalue weighted by molar-refractivity contribution is -0.119. The summed E-state index contributed by atoms with van der Waals surface area (Å²) < 4.78 is 0. The minimum absolute atomic E-state index is 0.00476. The first kappa shape index (κ1) is 16.8. The maximum Gasteiger partial charge on any atom is 0.161 e. The Labute approximate surface area is 150 Å². The number of ketones is 1. The van der Waals surface area contributed by atoms with Gasteiger partial charge in [-0.3, -0.25) is 4.79 Å². The lowest BCUT2D eigenvalue weighted by Gasteiger charge is -2.41. The molecule has 4 heteroatoms. The van der Waals surface area contributed by atoms with Crippen LogP contribution in [0.2, 0.25) is 0 Å². The van der Waals surface area contributed by atoms with E-state index in [9.17, 15) is 9.90 Å². The number of Topliss-reactive ketones (excluding diaryl/α,β-unsaturated/α-hetero) is 1. The standard InChI is InChI=1S/C21H28N2O2/c1-21(2)9-15-19(17(24)10-21)20-16(12-22(3)13-18(20)25)23(15)11-14-7-5-4-6-8-14/h4-8,16,18,20,25H,9-13H2,1-3H3. The van der Waals surface area contributed by atoms with Crippen LogP contribution in [0.25, 0.3) is 0 Å². The minimum atomic E-state index is -0.459. The largest absolute Gasteiger partial charge is 0.391 e. The number of aliphatic hydroxyl groups excluding tert-OH is 1. The van der Waals surface area contributed by atoms with Gasteiger partial charge in [0, 0.05) is 43.2 Å². The molecule has 3 aliphatic rings. The smallest absolute Gasteiger partial charge is 0.161 e. The van der Waals surface area contributed by atoms with Crippen LogP contribution in [0.5, 0.6) is 0 Å². The van der Waals surface area contributed by atoms with Gasteiger partial charge in [0.1, 0.15) is 0 Å². The van der Waals surface area contributed by atoms with Crippen LogP contribution in [-0.4, -0.2) is 53.0 Å². The fraction of sp³-hybridized carbons (Fsp3) is 0.571. The predicted octanol–water partition coefficient (Wildman–Crippen LogP) is 2.44. The molecular formula is C21H28N2O2. The Morgan fingerprint density at radius 2 is 1.88 bits per heavy atom. The molecule has 0 spiro atoms. The van der Waals surface area contributed by atoms with Crippen LogP contribution >= 0.6 is 0 Å². The van der Waals surface area contributed by atoms with Gasteiger partial charge < -0.3 is 14.9 Å². The van der Waals surface area contributed by atoms with Crippen molar-refractivity contribution in [1.82, 2.24) is 9.80 Å². The molecule has 2 aliphatic heterocycles.